The Morgan fingerprint density at radius 1 is 1.05 bits per heavy atom. The van der Waals surface area contributed by atoms with Crippen LogP contribution in [0, 0.1) is 5.92 Å². The second-order valence-corrected chi connectivity index (χ2v) is 6.40. The number of benzene rings is 1. The Kier molecular flexibility index (Phi) is 3.43. The Hall–Kier alpha value is -1.39. The van der Waals surface area contributed by atoms with Gasteiger partial charge in [-0.1, -0.05) is 12.1 Å². The molecule has 4 rings (SSSR count). The van der Waals surface area contributed by atoms with Crippen LogP contribution in [0.15, 0.2) is 24.3 Å². The predicted octanol–water partition coefficient (Wildman–Crippen LogP) is 2.82. The largest absolute Gasteiger partial charge is 0.353 e. The first-order valence-corrected chi connectivity index (χ1v) is 8.07. The minimum Gasteiger partial charge on any atom is -0.353 e. The standard InChI is InChI=1S/C16H19ClN4/c17-16-18-14-4-2-1-3-13(14)15(19-16)21-9-7-20(8-10-21)11-12-5-6-12/h1-4,12H,5-11H2. The molecule has 1 aliphatic carbocycles. The quantitative estimate of drug-likeness (QED) is 0.816. The number of hydrogen-bond donors (Lipinski definition) is 0. The van der Waals surface area contributed by atoms with Crippen LogP contribution in [0.1, 0.15) is 12.8 Å². The van der Waals surface area contributed by atoms with Crippen LogP contribution in [0.5, 0.6) is 0 Å². The van der Waals surface area contributed by atoms with E-state index >= 15 is 0 Å². The highest BCUT2D eigenvalue weighted by molar-refractivity contribution is 6.28. The molecule has 0 unspecified atom stereocenters. The molecule has 1 aromatic carbocycles. The predicted molar refractivity (Wildman–Crippen MR) is 85.9 cm³/mol. The first-order chi connectivity index (χ1) is 10.3. The molecule has 1 saturated heterocycles. The van der Waals surface area contributed by atoms with E-state index in [0.717, 1.165) is 48.8 Å². The maximum absolute atomic E-state index is 6.09. The van der Waals surface area contributed by atoms with Crippen molar-refractivity contribution in [2.24, 2.45) is 5.92 Å². The number of anilines is 1. The molecule has 4 nitrogen and oxygen atoms in total. The lowest BCUT2D eigenvalue weighted by Crippen LogP contribution is -2.47. The minimum absolute atomic E-state index is 0.337. The van der Waals surface area contributed by atoms with E-state index in [1.165, 1.54) is 19.4 Å². The van der Waals surface area contributed by atoms with Crippen molar-refractivity contribution in [3.05, 3.63) is 29.5 Å². The van der Waals surface area contributed by atoms with Gasteiger partial charge in [-0.25, -0.2) is 4.98 Å². The summed E-state index contributed by atoms with van der Waals surface area (Å²) in [5, 5.41) is 1.43. The molecule has 0 bridgehead atoms. The van der Waals surface area contributed by atoms with Gasteiger partial charge >= 0.3 is 0 Å². The van der Waals surface area contributed by atoms with Gasteiger partial charge in [0.05, 0.1) is 5.52 Å². The summed E-state index contributed by atoms with van der Waals surface area (Å²) in [6.07, 6.45) is 2.85. The second kappa shape index (κ2) is 5.43. The maximum Gasteiger partial charge on any atom is 0.224 e. The van der Waals surface area contributed by atoms with E-state index in [1.54, 1.807) is 0 Å². The molecule has 2 aliphatic rings. The maximum atomic E-state index is 6.09. The molecule has 21 heavy (non-hydrogen) atoms. The summed E-state index contributed by atoms with van der Waals surface area (Å²) in [4.78, 5) is 13.7. The lowest BCUT2D eigenvalue weighted by Gasteiger charge is -2.35. The van der Waals surface area contributed by atoms with Crippen LogP contribution in [0.2, 0.25) is 5.28 Å². The molecular weight excluding hydrogens is 284 g/mol. The molecule has 110 valence electrons. The summed E-state index contributed by atoms with van der Waals surface area (Å²) in [6.45, 7) is 5.55. The van der Waals surface area contributed by atoms with Gasteiger partial charge in [0.25, 0.3) is 0 Å². The third-order valence-electron chi connectivity index (χ3n) is 4.44. The smallest absolute Gasteiger partial charge is 0.224 e. The van der Waals surface area contributed by atoms with Crippen molar-refractivity contribution in [3.8, 4) is 0 Å². The average molecular weight is 303 g/mol. The third-order valence-corrected chi connectivity index (χ3v) is 4.61. The Labute approximate surface area is 129 Å². The highest BCUT2D eigenvalue weighted by Gasteiger charge is 2.27. The molecular formula is C16H19ClN4. The molecule has 1 saturated carbocycles. The number of nitrogens with zero attached hydrogens (tertiary/aromatic N) is 4. The SMILES string of the molecule is Clc1nc(N2CCN(CC3CC3)CC2)c2ccccc2n1. The number of rotatable bonds is 3. The van der Waals surface area contributed by atoms with Gasteiger partial charge < -0.3 is 4.90 Å². The highest BCUT2D eigenvalue weighted by Crippen LogP contribution is 2.31. The molecule has 5 heteroatoms. The van der Waals surface area contributed by atoms with Crippen LogP contribution in [0.4, 0.5) is 5.82 Å². The fourth-order valence-electron chi connectivity index (χ4n) is 3.08. The van der Waals surface area contributed by atoms with Crippen LogP contribution < -0.4 is 4.90 Å². The van der Waals surface area contributed by atoms with E-state index in [1.807, 2.05) is 18.2 Å². The Morgan fingerprint density at radius 3 is 2.57 bits per heavy atom. The first-order valence-electron chi connectivity index (χ1n) is 7.69. The minimum atomic E-state index is 0.337. The van der Waals surface area contributed by atoms with Crippen molar-refractivity contribution in [1.82, 2.24) is 14.9 Å². The molecule has 0 spiro atoms. The number of piperazine rings is 1. The number of fused-ring (bicyclic) bond motifs is 1. The molecule has 0 radical (unpaired) electrons. The van der Waals surface area contributed by atoms with Crippen molar-refractivity contribution in [1.29, 1.82) is 0 Å². The Balaban J connectivity index is 1.56. The van der Waals surface area contributed by atoms with E-state index in [0.29, 0.717) is 5.28 Å². The van der Waals surface area contributed by atoms with Crippen LogP contribution >= 0.6 is 11.6 Å². The van der Waals surface area contributed by atoms with Crippen molar-refractivity contribution in [3.63, 3.8) is 0 Å². The summed E-state index contributed by atoms with van der Waals surface area (Å²) in [5.41, 5.74) is 0.924. The Bertz CT molecular complexity index is 648. The van der Waals surface area contributed by atoms with Crippen molar-refractivity contribution in [2.45, 2.75) is 12.8 Å². The van der Waals surface area contributed by atoms with Crippen LogP contribution in [0.25, 0.3) is 10.9 Å². The van der Waals surface area contributed by atoms with Crippen LogP contribution in [-0.2, 0) is 0 Å². The molecule has 2 fully saturated rings. The van der Waals surface area contributed by atoms with E-state index in [-0.39, 0.29) is 0 Å². The molecule has 0 N–H and O–H groups in total. The number of halogens is 1. The second-order valence-electron chi connectivity index (χ2n) is 6.06. The average Bonchev–Trinajstić information content (AvgIpc) is 3.31. The zero-order valence-corrected chi connectivity index (χ0v) is 12.8. The van der Waals surface area contributed by atoms with Gasteiger partial charge in [0.1, 0.15) is 5.82 Å². The zero-order valence-electron chi connectivity index (χ0n) is 12.0. The van der Waals surface area contributed by atoms with E-state index in [4.69, 9.17) is 11.6 Å². The van der Waals surface area contributed by atoms with Gasteiger partial charge in [-0.2, -0.15) is 4.98 Å². The van der Waals surface area contributed by atoms with E-state index in [2.05, 4.69) is 25.8 Å². The van der Waals surface area contributed by atoms with Crippen molar-refractivity contribution >= 4 is 28.3 Å². The third kappa shape index (κ3) is 2.83. The normalized spacial score (nSPS) is 20.1. The first kappa shape index (κ1) is 13.3. The van der Waals surface area contributed by atoms with E-state index < -0.39 is 0 Å². The summed E-state index contributed by atoms with van der Waals surface area (Å²) in [7, 11) is 0. The zero-order chi connectivity index (χ0) is 14.2. The molecule has 0 amide bonds. The molecule has 2 heterocycles. The summed E-state index contributed by atoms with van der Waals surface area (Å²) < 4.78 is 0. The van der Waals surface area contributed by atoms with Gasteiger partial charge in [0.15, 0.2) is 0 Å². The van der Waals surface area contributed by atoms with E-state index in [9.17, 15) is 0 Å². The summed E-state index contributed by atoms with van der Waals surface area (Å²) in [6, 6.07) is 8.10. The van der Waals surface area contributed by atoms with Gasteiger partial charge in [0.2, 0.25) is 5.28 Å². The number of para-hydroxylation sites is 1. The van der Waals surface area contributed by atoms with Gasteiger partial charge in [0, 0.05) is 38.1 Å². The molecule has 0 atom stereocenters. The summed E-state index contributed by atoms with van der Waals surface area (Å²) in [5.74, 6) is 1.95. The highest BCUT2D eigenvalue weighted by atomic mass is 35.5. The topological polar surface area (TPSA) is 32.3 Å². The number of hydrogen-bond acceptors (Lipinski definition) is 4. The fourth-order valence-corrected chi connectivity index (χ4v) is 3.25. The number of aromatic nitrogens is 2. The van der Waals surface area contributed by atoms with Gasteiger partial charge in [-0.15, -0.1) is 0 Å². The molecule has 2 aromatic rings. The van der Waals surface area contributed by atoms with Crippen molar-refractivity contribution < 1.29 is 0 Å². The van der Waals surface area contributed by atoms with Crippen molar-refractivity contribution in [2.75, 3.05) is 37.6 Å². The molecule has 1 aliphatic heterocycles. The Morgan fingerprint density at radius 2 is 1.81 bits per heavy atom. The molecule has 1 aromatic heterocycles. The summed E-state index contributed by atoms with van der Waals surface area (Å²) >= 11 is 6.09. The lowest BCUT2D eigenvalue weighted by atomic mass is 10.2. The van der Waals surface area contributed by atoms with Crippen LogP contribution in [-0.4, -0.2) is 47.6 Å². The van der Waals surface area contributed by atoms with Crippen LogP contribution in [0.3, 0.4) is 0 Å². The fraction of sp³-hybridized carbons (Fsp3) is 0.500. The van der Waals surface area contributed by atoms with Gasteiger partial charge in [-0.3, -0.25) is 4.90 Å². The lowest BCUT2D eigenvalue weighted by molar-refractivity contribution is 0.248. The van der Waals surface area contributed by atoms with Gasteiger partial charge in [-0.05, 0) is 42.5 Å². The monoisotopic (exact) mass is 302 g/mol.